The number of likely N-dealkylation sites (tertiary alicyclic amines) is 1. The van der Waals surface area contributed by atoms with Gasteiger partial charge in [0.1, 0.15) is 5.75 Å². The van der Waals surface area contributed by atoms with E-state index in [2.05, 4.69) is 0 Å². The highest BCUT2D eigenvalue weighted by molar-refractivity contribution is 5.96. The number of hydrogen-bond acceptors (Lipinski definition) is 4. The van der Waals surface area contributed by atoms with Crippen LogP contribution in [-0.2, 0) is 0 Å². The summed E-state index contributed by atoms with van der Waals surface area (Å²) in [6.45, 7) is 3.79. The number of aliphatic hydroxyl groups excluding tert-OH is 1. The van der Waals surface area contributed by atoms with Crippen LogP contribution in [0.5, 0.6) is 5.75 Å². The summed E-state index contributed by atoms with van der Waals surface area (Å²) >= 11 is 0. The fraction of sp³-hybridized carbons (Fsp3) is 0.462. The van der Waals surface area contributed by atoms with Crippen LogP contribution < -0.4 is 10.5 Å². The molecule has 2 rings (SSSR count). The standard InChI is InChI=1S/C13H18N2O3/c1-2-18-12-4-3-10(5-11(12)14)13(17)15-6-9(7-15)8-16/h3-5,9,16H,2,6-8,14H2,1H3. The molecule has 0 spiro atoms. The van der Waals surface area contributed by atoms with Gasteiger partial charge < -0.3 is 20.5 Å². The molecule has 0 radical (unpaired) electrons. The second kappa shape index (κ2) is 5.27. The number of carbonyl (C=O) groups excluding carboxylic acids is 1. The van der Waals surface area contributed by atoms with E-state index in [9.17, 15) is 4.79 Å². The summed E-state index contributed by atoms with van der Waals surface area (Å²) in [7, 11) is 0. The molecular formula is C13H18N2O3. The number of anilines is 1. The first-order valence-electron chi connectivity index (χ1n) is 6.08. The van der Waals surface area contributed by atoms with Crippen molar-refractivity contribution in [2.75, 3.05) is 32.0 Å². The van der Waals surface area contributed by atoms with Gasteiger partial charge in [-0.1, -0.05) is 0 Å². The van der Waals surface area contributed by atoms with Gasteiger partial charge in [-0.3, -0.25) is 4.79 Å². The van der Waals surface area contributed by atoms with Crippen molar-refractivity contribution < 1.29 is 14.6 Å². The molecule has 1 saturated heterocycles. The maximum atomic E-state index is 12.1. The topological polar surface area (TPSA) is 75.8 Å². The molecule has 1 aromatic rings. The van der Waals surface area contributed by atoms with Crippen molar-refractivity contribution in [2.45, 2.75) is 6.92 Å². The zero-order chi connectivity index (χ0) is 13.1. The monoisotopic (exact) mass is 250 g/mol. The maximum absolute atomic E-state index is 12.1. The molecule has 1 amide bonds. The summed E-state index contributed by atoms with van der Waals surface area (Å²) in [4.78, 5) is 13.8. The van der Waals surface area contributed by atoms with E-state index < -0.39 is 0 Å². The highest BCUT2D eigenvalue weighted by Crippen LogP contribution is 2.25. The van der Waals surface area contributed by atoms with E-state index in [1.165, 1.54) is 0 Å². The fourth-order valence-electron chi connectivity index (χ4n) is 2.00. The number of carbonyl (C=O) groups is 1. The molecule has 1 aliphatic rings. The van der Waals surface area contributed by atoms with Gasteiger partial charge in [-0.25, -0.2) is 0 Å². The van der Waals surface area contributed by atoms with E-state index >= 15 is 0 Å². The van der Waals surface area contributed by atoms with Crippen molar-refractivity contribution in [3.05, 3.63) is 23.8 Å². The first-order valence-corrected chi connectivity index (χ1v) is 6.08. The molecule has 0 saturated carbocycles. The van der Waals surface area contributed by atoms with Crippen LogP contribution in [0.2, 0.25) is 0 Å². The smallest absolute Gasteiger partial charge is 0.253 e. The molecule has 0 atom stereocenters. The molecule has 1 aliphatic heterocycles. The van der Waals surface area contributed by atoms with Gasteiger partial charge in [-0.15, -0.1) is 0 Å². The minimum absolute atomic E-state index is 0.0468. The van der Waals surface area contributed by atoms with Crippen molar-refractivity contribution in [2.24, 2.45) is 5.92 Å². The van der Waals surface area contributed by atoms with E-state index in [1.54, 1.807) is 23.1 Å². The summed E-state index contributed by atoms with van der Waals surface area (Å²) in [5.41, 5.74) is 6.86. The third-order valence-corrected chi connectivity index (χ3v) is 3.06. The zero-order valence-corrected chi connectivity index (χ0v) is 10.4. The number of nitrogens with zero attached hydrogens (tertiary/aromatic N) is 1. The Balaban J connectivity index is 2.05. The van der Waals surface area contributed by atoms with E-state index in [4.69, 9.17) is 15.6 Å². The summed E-state index contributed by atoms with van der Waals surface area (Å²) in [5.74, 6) is 0.773. The van der Waals surface area contributed by atoms with Crippen molar-refractivity contribution in [1.82, 2.24) is 4.90 Å². The molecule has 5 nitrogen and oxygen atoms in total. The predicted molar refractivity (Wildman–Crippen MR) is 68.5 cm³/mol. The first kappa shape index (κ1) is 12.7. The Morgan fingerprint density at radius 3 is 2.83 bits per heavy atom. The van der Waals surface area contributed by atoms with Gasteiger partial charge in [-0.05, 0) is 25.1 Å². The van der Waals surface area contributed by atoms with Gasteiger partial charge >= 0.3 is 0 Å². The van der Waals surface area contributed by atoms with Crippen LogP contribution in [0.1, 0.15) is 17.3 Å². The number of nitrogens with two attached hydrogens (primary N) is 1. The third-order valence-electron chi connectivity index (χ3n) is 3.06. The summed E-state index contributed by atoms with van der Waals surface area (Å²) in [6, 6.07) is 5.07. The molecule has 0 aromatic heterocycles. The van der Waals surface area contributed by atoms with Crippen LogP contribution in [0.4, 0.5) is 5.69 Å². The zero-order valence-electron chi connectivity index (χ0n) is 10.4. The Morgan fingerprint density at radius 2 is 2.28 bits per heavy atom. The number of ether oxygens (including phenoxy) is 1. The molecule has 98 valence electrons. The molecule has 1 fully saturated rings. The van der Waals surface area contributed by atoms with Crippen molar-refractivity contribution in [3.8, 4) is 5.75 Å². The molecule has 0 bridgehead atoms. The highest BCUT2D eigenvalue weighted by Gasteiger charge is 2.30. The summed E-state index contributed by atoms with van der Waals surface area (Å²) in [6.07, 6.45) is 0. The lowest BCUT2D eigenvalue weighted by Crippen LogP contribution is -2.51. The number of rotatable bonds is 4. The van der Waals surface area contributed by atoms with Crippen LogP contribution in [0.15, 0.2) is 18.2 Å². The van der Waals surface area contributed by atoms with Gasteiger partial charge in [0.05, 0.1) is 12.3 Å². The molecular weight excluding hydrogens is 232 g/mol. The Labute approximate surface area is 106 Å². The van der Waals surface area contributed by atoms with Gasteiger partial charge in [-0.2, -0.15) is 0 Å². The molecule has 1 aromatic carbocycles. The van der Waals surface area contributed by atoms with Crippen LogP contribution in [0, 0.1) is 5.92 Å². The summed E-state index contributed by atoms with van der Waals surface area (Å²) < 4.78 is 5.32. The predicted octanol–water partition coefficient (Wildman–Crippen LogP) is 0.732. The Hall–Kier alpha value is -1.75. The van der Waals surface area contributed by atoms with Crippen LogP contribution in [0.25, 0.3) is 0 Å². The van der Waals surface area contributed by atoms with Gasteiger partial charge in [0.25, 0.3) is 5.91 Å². The lowest BCUT2D eigenvalue weighted by Gasteiger charge is -2.38. The fourth-order valence-corrected chi connectivity index (χ4v) is 2.00. The average Bonchev–Trinajstić information content (AvgIpc) is 2.30. The lowest BCUT2D eigenvalue weighted by atomic mass is 10.00. The third kappa shape index (κ3) is 2.41. The number of aliphatic hydroxyl groups is 1. The Morgan fingerprint density at radius 1 is 1.56 bits per heavy atom. The van der Waals surface area contributed by atoms with E-state index in [0.717, 1.165) is 0 Å². The van der Waals surface area contributed by atoms with Crippen molar-refractivity contribution in [3.63, 3.8) is 0 Å². The first-order chi connectivity index (χ1) is 8.65. The molecule has 5 heteroatoms. The SMILES string of the molecule is CCOc1ccc(C(=O)N2CC(CO)C2)cc1N. The normalized spacial score (nSPS) is 15.3. The molecule has 0 aliphatic carbocycles. The molecule has 0 unspecified atom stereocenters. The second-order valence-electron chi connectivity index (χ2n) is 4.44. The largest absolute Gasteiger partial charge is 0.492 e. The highest BCUT2D eigenvalue weighted by atomic mass is 16.5. The number of nitrogen functional groups attached to an aromatic ring is 1. The quantitative estimate of drug-likeness (QED) is 0.772. The lowest BCUT2D eigenvalue weighted by molar-refractivity contribution is 0.0362. The van der Waals surface area contributed by atoms with Crippen LogP contribution >= 0.6 is 0 Å². The van der Waals surface area contributed by atoms with Gasteiger partial charge in [0, 0.05) is 31.2 Å². The molecule has 1 heterocycles. The van der Waals surface area contributed by atoms with E-state index in [-0.39, 0.29) is 18.4 Å². The van der Waals surface area contributed by atoms with Crippen LogP contribution in [0.3, 0.4) is 0 Å². The Kier molecular flexibility index (Phi) is 3.72. The maximum Gasteiger partial charge on any atom is 0.253 e. The Bertz CT molecular complexity index is 442. The average molecular weight is 250 g/mol. The summed E-state index contributed by atoms with van der Waals surface area (Å²) in [5, 5.41) is 8.92. The van der Waals surface area contributed by atoms with E-state index in [1.807, 2.05) is 6.92 Å². The minimum Gasteiger partial charge on any atom is -0.492 e. The second-order valence-corrected chi connectivity index (χ2v) is 4.44. The number of hydrogen-bond donors (Lipinski definition) is 2. The van der Waals surface area contributed by atoms with Crippen molar-refractivity contribution in [1.29, 1.82) is 0 Å². The van der Waals surface area contributed by atoms with E-state index in [0.29, 0.717) is 36.7 Å². The minimum atomic E-state index is -0.0468. The molecule has 3 N–H and O–H groups in total. The number of amides is 1. The van der Waals surface area contributed by atoms with Crippen molar-refractivity contribution >= 4 is 11.6 Å². The van der Waals surface area contributed by atoms with Gasteiger partial charge in [0.2, 0.25) is 0 Å². The number of benzene rings is 1. The van der Waals surface area contributed by atoms with Crippen LogP contribution in [-0.4, -0.2) is 42.2 Å². The molecule has 18 heavy (non-hydrogen) atoms. The van der Waals surface area contributed by atoms with Gasteiger partial charge in [0.15, 0.2) is 0 Å².